The quantitative estimate of drug-likeness (QED) is 0.503. The molecule has 0 saturated carbocycles. The summed E-state index contributed by atoms with van der Waals surface area (Å²) in [5.74, 6) is 0. The molecule has 0 heterocycles. The first-order chi connectivity index (χ1) is 10.1. The molecule has 112 valence electrons. The van der Waals surface area contributed by atoms with E-state index < -0.39 is 0 Å². The van der Waals surface area contributed by atoms with Crippen LogP contribution in [-0.4, -0.2) is 6.54 Å². The van der Waals surface area contributed by atoms with Gasteiger partial charge in [0.1, 0.15) is 0 Å². The monoisotopic (exact) mass is 477 g/mol. The van der Waals surface area contributed by atoms with Gasteiger partial charge in [-0.2, -0.15) is 0 Å². The molecule has 0 aromatic heterocycles. The van der Waals surface area contributed by atoms with Crippen LogP contribution in [0.1, 0.15) is 30.5 Å². The van der Waals surface area contributed by atoms with Gasteiger partial charge in [0.2, 0.25) is 0 Å². The van der Waals surface area contributed by atoms with Crippen LogP contribution in [0.5, 0.6) is 0 Å². The van der Waals surface area contributed by atoms with Gasteiger partial charge in [0.25, 0.3) is 0 Å². The second-order valence-corrected chi connectivity index (χ2v) is 7.54. The molecule has 0 aliphatic heterocycles. The van der Waals surface area contributed by atoms with Crippen LogP contribution in [0.15, 0.2) is 46.9 Å². The second kappa shape index (κ2) is 8.51. The average Bonchev–Trinajstić information content (AvgIpc) is 2.48. The van der Waals surface area contributed by atoms with E-state index in [9.17, 15) is 0 Å². The molecule has 2 rings (SSSR count). The molecule has 0 amide bonds. The minimum Gasteiger partial charge on any atom is -0.310 e. The number of hydrogen-bond donors (Lipinski definition) is 1. The van der Waals surface area contributed by atoms with Crippen LogP contribution >= 0.6 is 50.1 Å². The zero-order chi connectivity index (χ0) is 15.2. The van der Waals surface area contributed by atoms with Crippen molar-refractivity contribution in [1.82, 2.24) is 5.32 Å². The van der Waals surface area contributed by atoms with Crippen LogP contribution in [0.25, 0.3) is 0 Å². The predicted octanol–water partition coefficient (Wildman–Crippen LogP) is 5.99. The van der Waals surface area contributed by atoms with Crippen LogP contribution in [0.3, 0.4) is 0 Å². The van der Waals surface area contributed by atoms with Gasteiger partial charge in [0.15, 0.2) is 0 Å². The Kier molecular flexibility index (Phi) is 6.99. The molecule has 1 nitrogen and oxygen atoms in total. The largest absolute Gasteiger partial charge is 0.310 e. The van der Waals surface area contributed by atoms with Crippen LogP contribution in [0, 0.1) is 3.57 Å². The highest BCUT2D eigenvalue weighted by atomic mass is 127. The fraction of sp³-hybridized carbons (Fsp3) is 0.294. The summed E-state index contributed by atoms with van der Waals surface area (Å²) >= 11 is 12.2. The lowest BCUT2D eigenvalue weighted by Crippen LogP contribution is -2.24. The van der Waals surface area contributed by atoms with Crippen molar-refractivity contribution in [2.24, 2.45) is 0 Å². The van der Waals surface area contributed by atoms with E-state index in [-0.39, 0.29) is 6.04 Å². The molecule has 2 aromatic carbocycles. The summed E-state index contributed by atoms with van der Waals surface area (Å²) < 4.78 is 2.37. The third kappa shape index (κ3) is 5.23. The van der Waals surface area contributed by atoms with Crippen LogP contribution < -0.4 is 5.32 Å². The molecule has 1 unspecified atom stereocenters. The van der Waals surface area contributed by atoms with Gasteiger partial charge in [-0.25, -0.2) is 0 Å². The Hall–Kier alpha value is -0.100. The predicted molar refractivity (Wildman–Crippen MR) is 103 cm³/mol. The Bertz CT molecular complexity index is 586. The fourth-order valence-electron chi connectivity index (χ4n) is 2.25. The molecule has 4 heteroatoms. The number of rotatable bonds is 6. The first kappa shape index (κ1) is 17.3. The van der Waals surface area contributed by atoms with E-state index >= 15 is 0 Å². The lowest BCUT2D eigenvalue weighted by molar-refractivity contribution is 0.527. The highest BCUT2D eigenvalue weighted by molar-refractivity contribution is 14.1. The molecule has 0 saturated heterocycles. The number of hydrogen-bond acceptors (Lipinski definition) is 1. The van der Waals surface area contributed by atoms with Gasteiger partial charge in [-0.05, 0) is 83.4 Å². The third-order valence-corrected chi connectivity index (χ3v) is 5.00. The average molecular weight is 479 g/mol. The van der Waals surface area contributed by atoms with Gasteiger partial charge < -0.3 is 5.32 Å². The maximum atomic E-state index is 6.17. The van der Waals surface area contributed by atoms with Crippen molar-refractivity contribution in [3.05, 3.63) is 66.7 Å². The molecule has 0 fully saturated rings. The van der Waals surface area contributed by atoms with Crippen molar-refractivity contribution in [2.75, 3.05) is 6.54 Å². The van der Waals surface area contributed by atoms with Crippen molar-refractivity contribution < 1.29 is 0 Å². The molecule has 0 radical (unpaired) electrons. The van der Waals surface area contributed by atoms with E-state index in [2.05, 4.69) is 75.0 Å². The van der Waals surface area contributed by atoms with Gasteiger partial charge in [-0.15, -0.1) is 0 Å². The highest BCUT2D eigenvalue weighted by Crippen LogP contribution is 2.29. The molecule has 0 aliphatic carbocycles. The zero-order valence-corrected chi connectivity index (χ0v) is 16.4. The number of halogens is 3. The van der Waals surface area contributed by atoms with Crippen LogP contribution in [-0.2, 0) is 6.42 Å². The van der Waals surface area contributed by atoms with Crippen molar-refractivity contribution in [1.29, 1.82) is 0 Å². The third-order valence-electron chi connectivity index (χ3n) is 3.33. The minimum absolute atomic E-state index is 0.262. The molecule has 21 heavy (non-hydrogen) atoms. The normalized spacial score (nSPS) is 12.4. The molecule has 0 spiro atoms. The molecule has 0 aliphatic rings. The summed E-state index contributed by atoms with van der Waals surface area (Å²) in [7, 11) is 0. The van der Waals surface area contributed by atoms with Crippen LogP contribution in [0.4, 0.5) is 0 Å². The fourth-order valence-corrected chi connectivity index (χ4v) is 3.31. The standard InChI is InChI=1S/C17H18BrClIN/c1-2-9-21-17(10-12-3-6-14(20)7-4-12)15-11-13(19)5-8-16(15)18/h3-8,11,17,21H,2,9-10H2,1H3. The summed E-state index contributed by atoms with van der Waals surface area (Å²) in [5.41, 5.74) is 2.55. The van der Waals surface area contributed by atoms with Gasteiger partial charge in [-0.1, -0.05) is 46.6 Å². The first-order valence-electron chi connectivity index (χ1n) is 7.03. The molecule has 1 N–H and O–H groups in total. The van der Waals surface area contributed by atoms with E-state index in [1.807, 2.05) is 18.2 Å². The van der Waals surface area contributed by atoms with Crippen molar-refractivity contribution in [2.45, 2.75) is 25.8 Å². The molecule has 0 bridgehead atoms. The summed E-state index contributed by atoms with van der Waals surface area (Å²) in [4.78, 5) is 0. The van der Waals surface area contributed by atoms with Gasteiger partial charge in [-0.3, -0.25) is 0 Å². The smallest absolute Gasteiger partial charge is 0.0410 e. The zero-order valence-electron chi connectivity index (χ0n) is 11.9. The SMILES string of the molecule is CCCNC(Cc1ccc(I)cc1)c1cc(Cl)ccc1Br. The molecular weight excluding hydrogens is 460 g/mol. The summed E-state index contributed by atoms with van der Waals surface area (Å²) in [6, 6.07) is 14.9. The minimum atomic E-state index is 0.262. The molecule has 1 atom stereocenters. The lowest BCUT2D eigenvalue weighted by atomic mass is 9.98. The summed E-state index contributed by atoms with van der Waals surface area (Å²) in [6.45, 7) is 3.18. The summed E-state index contributed by atoms with van der Waals surface area (Å²) in [5, 5.41) is 4.40. The molecule has 2 aromatic rings. The van der Waals surface area contributed by atoms with E-state index in [1.54, 1.807) is 0 Å². The van der Waals surface area contributed by atoms with Gasteiger partial charge in [0, 0.05) is 19.1 Å². The number of benzene rings is 2. The van der Waals surface area contributed by atoms with Crippen molar-refractivity contribution in [3.8, 4) is 0 Å². The van der Waals surface area contributed by atoms with Crippen molar-refractivity contribution in [3.63, 3.8) is 0 Å². The Labute approximate surface area is 153 Å². The maximum Gasteiger partial charge on any atom is 0.0410 e. The second-order valence-electron chi connectivity index (χ2n) is 5.00. The van der Waals surface area contributed by atoms with Gasteiger partial charge >= 0.3 is 0 Å². The van der Waals surface area contributed by atoms with E-state index in [0.717, 1.165) is 28.9 Å². The van der Waals surface area contributed by atoms with E-state index in [1.165, 1.54) is 14.7 Å². The highest BCUT2D eigenvalue weighted by Gasteiger charge is 2.15. The Morgan fingerprint density at radius 2 is 1.90 bits per heavy atom. The van der Waals surface area contributed by atoms with E-state index in [4.69, 9.17) is 11.6 Å². The topological polar surface area (TPSA) is 12.0 Å². The maximum absolute atomic E-state index is 6.17. The summed E-state index contributed by atoms with van der Waals surface area (Å²) in [6.07, 6.45) is 2.07. The molecular formula is C17H18BrClIN. The first-order valence-corrected chi connectivity index (χ1v) is 9.28. The Morgan fingerprint density at radius 3 is 2.57 bits per heavy atom. The van der Waals surface area contributed by atoms with E-state index in [0.29, 0.717) is 0 Å². The van der Waals surface area contributed by atoms with Crippen molar-refractivity contribution >= 4 is 50.1 Å². The van der Waals surface area contributed by atoms with Gasteiger partial charge in [0.05, 0.1) is 0 Å². The van der Waals surface area contributed by atoms with Crippen LogP contribution in [0.2, 0.25) is 5.02 Å². The lowest BCUT2D eigenvalue weighted by Gasteiger charge is -2.21. The number of nitrogens with one attached hydrogen (secondary N) is 1. The Balaban J connectivity index is 2.25. The Morgan fingerprint density at radius 1 is 1.19 bits per heavy atom.